The first-order valence-corrected chi connectivity index (χ1v) is 11.3. The molecule has 34 heavy (non-hydrogen) atoms. The molecule has 0 unspecified atom stereocenters. The molecule has 2 N–H and O–H groups in total. The fraction of sp³-hybridized carbons (Fsp3) is 0.179. The van der Waals surface area contributed by atoms with Crippen LogP contribution < -0.4 is 10.6 Å². The quantitative estimate of drug-likeness (QED) is 0.297. The average Bonchev–Trinajstić information content (AvgIpc) is 3.24. The van der Waals surface area contributed by atoms with Crippen molar-refractivity contribution in [3.63, 3.8) is 0 Å². The molecular weight excluding hydrogens is 422 g/mol. The summed E-state index contributed by atoms with van der Waals surface area (Å²) in [5.41, 5.74) is 7.30. The number of anilines is 2. The molecule has 3 aromatic heterocycles. The lowest BCUT2D eigenvalue weighted by atomic mass is 10.0. The third-order valence-corrected chi connectivity index (χ3v) is 6.00. The Morgan fingerprint density at radius 3 is 2.50 bits per heavy atom. The van der Waals surface area contributed by atoms with Crippen LogP contribution in [0.1, 0.15) is 29.9 Å². The van der Waals surface area contributed by atoms with Crippen LogP contribution in [0.15, 0.2) is 77.5 Å². The second-order valence-corrected chi connectivity index (χ2v) is 8.49. The van der Waals surface area contributed by atoms with Gasteiger partial charge in [-0.3, -0.25) is 0 Å². The smallest absolute Gasteiger partial charge is 0.134 e. The molecule has 0 aliphatic carbocycles. The van der Waals surface area contributed by atoms with E-state index in [1.807, 2.05) is 44.4 Å². The van der Waals surface area contributed by atoms with Gasteiger partial charge in [-0.2, -0.15) is 0 Å². The number of benzene rings is 2. The zero-order chi connectivity index (χ0) is 23.7. The van der Waals surface area contributed by atoms with Gasteiger partial charge in [0, 0.05) is 41.9 Å². The summed E-state index contributed by atoms with van der Waals surface area (Å²) in [6.07, 6.45) is 3.68. The molecule has 0 aliphatic heterocycles. The molecule has 5 rings (SSSR count). The fourth-order valence-electron chi connectivity index (χ4n) is 4.11. The predicted octanol–water partition coefficient (Wildman–Crippen LogP) is 6.78. The van der Waals surface area contributed by atoms with E-state index in [1.54, 1.807) is 6.26 Å². The molecule has 0 aliphatic rings. The van der Waals surface area contributed by atoms with E-state index >= 15 is 0 Å². The largest absolute Gasteiger partial charge is 0.464 e. The Morgan fingerprint density at radius 2 is 1.71 bits per heavy atom. The highest BCUT2D eigenvalue weighted by molar-refractivity contribution is 5.85. The highest BCUT2D eigenvalue weighted by atomic mass is 16.3. The maximum Gasteiger partial charge on any atom is 0.134 e. The van der Waals surface area contributed by atoms with Gasteiger partial charge in [0.15, 0.2) is 0 Å². The minimum Gasteiger partial charge on any atom is -0.464 e. The molecule has 2 aromatic carbocycles. The number of aryl methyl sites for hydroxylation is 2. The summed E-state index contributed by atoms with van der Waals surface area (Å²) in [5.74, 6) is 2.37. The van der Waals surface area contributed by atoms with E-state index in [2.05, 4.69) is 75.8 Å². The van der Waals surface area contributed by atoms with Crippen molar-refractivity contribution in [2.45, 2.75) is 26.8 Å². The molecule has 5 aromatic rings. The minimum atomic E-state index is 0.0604. The van der Waals surface area contributed by atoms with Crippen molar-refractivity contribution in [2.24, 2.45) is 0 Å². The zero-order valence-corrected chi connectivity index (χ0v) is 19.8. The SMILES string of the molecule is CNc1ccc(-c2cccc([C@H](C)Nc3cc(-c4ccc5occ(C)c5c4)nc(C)n3)c2)cn1. The molecule has 0 fully saturated rings. The normalized spacial score (nSPS) is 12.0. The Kier molecular flexibility index (Phi) is 5.72. The lowest BCUT2D eigenvalue weighted by Crippen LogP contribution is -2.09. The highest BCUT2D eigenvalue weighted by Gasteiger charge is 2.12. The lowest BCUT2D eigenvalue weighted by Gasteiger charge is -2.17. The molecule has 0 saturated carbocycles. The number of rotatable bonds is 6. The fourth-order valence-corrected chi connectivity index (χ4v) is 4.11. The first-order chi connectivity index (χ1) is 16.5. The Balaban J connectivity index is 1.41. The van der Waals surface area contributed by atoms with E-state index in [9.17, 15) is 0 Å². The Hall–Kier alpha value is -4.19. The summed E-state index contributed by atoms with van der Waals surface area (Å²) in [4.78, 5) is 13.8. The average molecular weight is 450 g/mol. The molecule has 3 heterocycles. The maximum absolute atomic E-state index is 5.59. The minimum absolute atomic E-state index is 0.0604. The molecular formula is C28H27N5O. The summed E-state index contributed by atoms with van der Waals surface area (Å²) >= 11 is 0. The van der Waals surface area contributed by atoms with Gasteiger partial charge in [-0.05, 0) is 73.9 Å². The zero-order valence-electron chi connectivity index (χ0n) is 19.8. The number of furan rings is 1. The van der Waals surface area contributed by atoms with Crippen molar-refractivity contribution in [3.05, 3.63) is 90.1 Å². The van der Waals surface area contributed by atoms with Crippen LogP contribution in [-0.2, 0) is 0 Å². The van der Waals surface area contributed by atoms with Gasteiger partial charge in [0.1, 0.15) is 23.0 Å². The lowest BCUT2D eigenvalue weighted by molar-refractivity contribution is 0.613. The molecule has 0 amide bonds. The maximum atomic E-state index is 5.59. The Morgan fingerprint density at radius 1 is 0.853 bits per heavy atom. The van der Waals surface area contributed by atoms with E-state index in [4.69, 9.17) is 4.42 Å². The van der Waals surface area contributed by atoms with Gasteiger partial charge in [-0.1, -0.05) is 18.2 Å². The van der Waals surface area contributed by atoms with Crippen molar-refractivity contribution in [2.75, 3.05) is 17.7 Å². The van der Waals surface area contributed by atoms with Crippen LogP contribution in [-0.4, -0.2) is 22.0 Å². The summed E-state index contributed by atoms with van der Waals surface area (Å²) in [5, 5.41) is 7.71. The van der Waals surface area contributed by atoms with Crippen molar-refractivity contribution in [3.8, 4) is 22.4 Å². The number of pyridine rings is 1. The Bertz CT molecular complexity index is 1460. The number of hydrogen-bond donors (Lipinski definition) is 2. The number of aromatic nitrogens is 3. The molecule has 0 saturated heterocycles. The molecule has 6 heteroatoms. The molecule has 6 nitrogen and oxygen atoms in total. The molecule has 0 bridgehead atoms. The topological polar surface area (TPSA) is 75.9 Å². The first kappa shape index (κ1) is 21.6. The summed E-state index contributed by atoms with van der Waals surface area (Å²) in [7, 11) is 1.87. The third-order valence-electron chi connectivity index (χ3n) is 6.00. The van der Waals surface area contributed by atoms with Crippen LogP contribution in [0.5, 0.6) is 0 Å². The second-order valence-electron chi connectivity index (χ2n) is 8.49. The first-order valence-electron chi connectivity index (χ1n) is 11.3. The van der Waals surface area contributed by atoms with Crippen LogP contribution in [0.25, 0.3) is 33.4 Å². The van der Waals surface area contributed by atoms with Gasteiger partial charge in [0.05, 0.1) is 12.0 Å². The molecule has 0 radical (unpaired) electrons. The summed E-state index contributed by atoms with van der Waals surface area (Å²) < 4.78 is 5.59. The standard InChI is InChI=1S/C28H27N5O/c1-17-16-34-26-10-8-22(13-24(17)26)25-14-28(33-19(3)32-25)31-18(2)20-6-5-7-21(12-20)23-9-11-27(29-4)30-15-23/h5-16,18H,1-4H3,(H,29,30)(H,31,32,33)/t18-/m0/s1. The van der Waals surface area contributed by atoms with Gasteiger partial charge in [0.25, 0.3) is 0 Å². The number of fused-ring (bicyclic) bond motifs is 1. The van der Waals surface area contributed by atoms with Crippen LogP contribution in [0, 0.1) is 13.8 Å². The van der Waals surface area contributed by atoms with Gasteiger partial charge < -0.3 is 15.1 Å². The van der Waals surface area contributed by atoms with Crippen molar-refractivity contribution >= 4 is 22.6 Å². The van der Waals surface area contributed by atoms with Crippen molar-refractivity contribution < 1.29 is 4.42 Å². The number of hydrogen-bond acceptors (Lipinski definition) is 6. The molecule has 170 valence electrons. The van der Waals surface area contributed by atoms with Crippen molar-refractivity contribution in [1.82, 2.24) is 15.0 Å². The van der Waals surface area contributed by atoms with E-state index in [0.717, 1.165) is 56.4 Å². The van der Waals surface area contributed by atoms with E-state index in [1.165, 1.54) is 5.56 Å². The predicted molar refractivity (Wildman–Crippen MR) is 138 cm³/mol. The van der Waals surface area contributed by atoms with Gasteiger partial charge in [-0.15, -0.1) is 0 Å². The van der Waals surface area contributed by atoms with Crippen molar-refractivity contribution in [1.29, 1.82) is 0 Å². The van der Waals surface area contributed by atoms with Gasteiger partial charge in [0.2, 0.25) is 0 Å². The Labute approximate surface area is 199 Å². The van der Waals surface area contributed by atoms with E-state index in [-0.39, 0.29) is 6.04 Å². The van der Waals surface area contributed by atoms with Crippen LogP contribution in [0.2, 0.25) is 0 Å². The van der Waals surface area contributed by atoms with Crippen LogP contribution in [0.3, 0.4) is 0 Å². The summed E-state index contributed by atoms with van der Waals surface area (Å²) in [6, 6.07) is 20.8. The van der Waals surface area contributed by atoms with E-state index < -0.39 is 0 Å². The molecule has 0 spiro atoms. The third kappa shape index (κ3) is 4.35. The van der Waals surface area contributed by atoms with Gasteiger partial charge >= 0.3 is 0 Å². The summed E-state index contributed by atoms with van der Waals surface area (Å²) in [6.45, 7) is 6.11. The number of nitrogens with one attached hydrogen (secondary N) is 2. The van der Waals surface area contributed by atoms with E-state index in [0.29, 0.717) is 0 Å². The monoisotopic (exact) mass is 449 g/mol. The number of nitrogens with zero attached hydrogens (tertiary/aromatic N) is 3. The van der Waals surface area contributed by atoms with Crippen LogP contribution >= 0.6 is 0 Å². The second kappa shape index (κ2) is 8.98. The molecule has 1 atom stereocenters. The highest BCUT2D eigenvalue weighted by Crippen LogP contribution is 2.29. The van der Waals surface area contributed by atoms with Gasteiger partial charge in [-0.25, -0.2) is 15.0 Å². The van der Waals surface area contributed by atoms with Crippen LogP contribution in [0.4, 0.5) is 11.6 Å².